The molecule has 0 radical (unpaired) electrons. The van der Waals surface area contributed by atoms with Crippen molar-refractivity contribution in [1.82, 2.24) is 5.32 Å². The van der Waals surface area contributed by atoms with Crippen LogP contribution in [0.2, 0.25) is 0 Å². The van der Waals surface area contributed by atoms with Gasteiger partial charge in [0.05, 0.1) is 12.8 Å². The van der Waals surface area contributed by atoms with E-state index in [9.17, 15) is 4.39 Å². The normalized spacial score (nSPS) is 20.5. The minimum Gasteiger partial charge on any atom is -0.494 e. The summed E-state index contributed by atoms with van der Waals surface area (Å²) in [6.45, 7) is 2.03. The van der Waals surface area contributed by atoms with Gasteiger partial charge >= 0.3 is 0 Å². The molecule has 1 atom stereocenters. The van der Waals surface area contributed by atoms with Crippen molar-refractivity contribution in [2.45, 2.75) is 18.9 Å². The molecular weight excluding hydrogens is 207 g/mol. The summed E-state index contributed by atoms with van der Waals surface area (Å²) in [5.41, 5.74) is 0.859. The Morgan fingerprint density at radius 3 is 3.06 bits per heavy atom. The highest BCUT2D eigenvalue weighted by Gasteiger charge is 2.14. The second-order valence-corrected chi connectivity index (χ2v) is 4.03. The number of hydrogen-bond acceptors (Lipinski definition) is 3. The number of nitrogens with one attached hydrogen (secondary N) is 2. The highest BCUT2D eigenvalue weighted by molar-refractivity contribution is 5.57. The molecule has 2 N–H and O–H groups in total. The van der Waals surface area contributed by atoms with Gasteiger partial charge in [-0.1, -0.05) is 0 Å². The van der Waals surface area contributed by atoms with Gasteiger partial charge < -0.3 is 15.4 Å². The number of hydrogen-bond donors (Lipinski definition) is 2. The van der Waals surface area contributed by atoms with Crippen LogP contribution in [0.25, 0.3) is 0 Å². The predicted octanol–water partition coefficient (Wildman–Crippen LogP) is 2.00. The number of ether oxygens (including phenoxy) is 1. The molecule has 0 bridgehead atoms. The molecule has 0 aliphatic carbocycles. The van der Waals surface area contributed by atoms with E-state index in [4.69, 9.17) is 4.74 Å². The van der Waals surface area contributed by atoms with Crippen LogP contribution in [-0.2, 0) is 0 Å². The van der Waals surface area contributed by atoms with E-state index in [2.05, 4.69) is 10.6 Å². The Morgan fingerprint density at radius 1 is 1.50 bits per heavy atom. The summed E-state index contributed by atoms with van der Waals surface area (Å²) in [7, 11) is 1.55. The zero-order valence-electron chi connectivity index (χ0n) is 9.42. The average Bonchev–Trinajstić information content (AvgIpc) is 2.33. The summed E-state index contributed by atoms with van der Waals surface area (Å²) in [5.74, 6) is 0.287. The first-order chi connectivity index (χ1) is 7.79. The Hall–Kier alpha value is -1.29. The lowest BCUT2D eigenvalue weighted by molar-refractivity contribution is 0.410. The Balaban J connectivity index is 2.07. The lowest BCUT2D eigenvalue weighted by Crippen LogP contribution is -2.38. The molecule has 1 aliphatic rings. The maximum absolute atomic E-state index is 13.0. The lowest BCUT2D eigenvalue weighted by Gasteiger charge is -2.25. The van der Waals surface area contributed by atoms with Crippen molar-refractivity contribution in [2.75, 3.05) is 25.5 Å². The molecule has 1 saturated heterocycles. The molecule has 2 rings (SSSR count). The molecule has 16 heavy (non-hydrogen) atoms. The first-order valence-corrected chi connectivity index (χ1v) is 5.60. The molecule has 1 aliphatic heterocycles. The molecule has 0 spiro atoms. The smallest absolute Gasteiger partial charge is 0.144 e. The third-order valence-corrected chi connectivity index (χ3v) is 2.82. The quantitative estimate of drug-likeness (QED) is 0.824. The number of halogens is 1. The van der Waals surface area contributed by atoms with Gasteiger partial charge in [-0.05, 0) is 31.5 Å². The topological polar surface area (TPSA) is 33.3 Å². The Labute approximate surface area is 95.0 Å². The molecule has 0 saturated carbocycles. The number of methoxy groups -OCH3 is 1. The minimum absolute atomic E-state index is 0.274. The van der Waals surface area contributed by atoms with Gasteiger partial charge in [-0.25, -0.2) is 4.39 Å². The minimum atomic E-state index is -0.274. The molecule has 1 aromatic carbocycles. The van der Waals surface area contributed by atoms with Crippen LogP contribution in [0.1, 0.15) is 12.8 Å². The fraction of sp³-hybridized carbons (Fsp3) is 0.500. The van der Waals surface area contributed by atoms with Crippen LogP contribution in [0.4, 0.5) is 10.1 Å². The van der Waals surface area contributed by atoms with E-state index in [1.165, 1.54) is 18.6 Å². The van der Waals surface area contributed by atoms with E-state index in [1.807, 2.05) is 0 Å². The van der Waals surface area contributed by atoms with Gasteiger partial charge in [0.2, 0.25) is 0 Å². The van der Waals surface area contributed by atoms with E-state index in [-0.39, 0.29) is 5.82 Å². The van der Waals surface area contributed by atoms with Crippen LogP contribution in [0, 0.1) is 5.82 Å². The molecule has 0 amide bonds. The van der Waals surface area contributed by atoms with Gasteiger partial charge in [-0.15, -0.1) is 0 Å². The molecule has 1 unspecified atom stereocenters. The fourth-order valence-corrected chi connectivity index (χ4v) is 1.98. The van der Waals surface area contributed by atoms with E-state index in [0.29, 0.717) is 11.8 Å². The van der Waals surface area contributed by atoms with Crippen molar-refractivity contribution in [3.8, 4) is 5.75 Å². The third-order valence-electron chi connectivity index (χ3n) is 2.82. The summed E-state index contributed by atoms with van der Waals surface area (Å²) in [6, 6.07) is 4.97. The second-order valence-electron chi connectivity index (χ2n) is 4.03. The fourth-order valence-electron chi connectivity index (χ4n) is 1.98. The zero-order chi connectivity index (χ0) is 11.4. The van der Waals surface area contributed by atoms with E-state index in [1.54, 1.807) is 13.2 Å². The van der Waals surface area contributed by atoms with Crippen LogP contribution in [0.15, 0.2) is 18.2 Å². The predicted molar refractivity (Wildman–Crippen MR) is 62.5 cm³/mol. The summed E-state index contributed by atoms with van der Waals surface area (Å²) >= 11 is 0. The van der Waals surface area contributed by atoms with Gasteiger partial charge in [-0.3, -0.25) is 0 Å². The number of rotatable bonds is 3. The standard InChI is InChI=1S/C12H17FN2O/c1-16-12-7-9(13)4-5-11(12)15-10-3-2-6-14-8-10/h4-5,7,10,14-15H,2-3,6,8H2,1H3. The molecule has 88 valence electrons. The highest BCUT2D eigenvalue weighted by atomic mass is 19.1. The van der Waals surface area contributed by atoms with Crippen molar-refractivity contribution in [3.63, 3.8) is 0 Å². The summed E-state index contributed by atoms with van der Waals surface area (Å²) in [4.78, 5) is 0. The summed E-state index contributed by atoms with van der Waals surface area (Å²) in [5, 5.41) is 6.70. The Kier molecular flexibility index (Phi) is 3.62. The van der Waals surface area contributed by atoms with Crippen LogP contribution in [0.3, 0.4) is 0 Å². The molecule has 1 heterocycles. The number of piperidine rings is 1. The molecule has 0 aromatic heterocycles. The van der Waals surface area contributed by atoms with Gasteiger partial charge in [0.1, 0.15) is 11.6 Å². The monoisotopic (exact) mass is 224 g/mol. The molecule has 1 fully saturated rings. The van der Waals surface area contributed by atoms with Crippen molar-refractivity contribution < 1.29 is 9.13 Å². The zero-order valence-corrected chi connectivity index (χ0v) is 9.42. The van der Waals surface area contributed by atoms with Gasteiger partial charge in [0.15, 0.2) is 0 Å². The van der Waals surface area contributed by atoms with Crippen molar-refractivity contribution in [2.24, 2.45) is 0 Å². The summed E-state index contributed by atoms with van der Waals surface area (Å²) in [6.07, 6.45) is 2.30. The first kappa shape index (κ1) is 11.2. The first-order valence-electron chi connectivity index (χ1n) is 5.60. The van der Waals surface area contributed by atoms with Crippen molar-refractivity contribution >= 4 is 5.69 Å². The second kappa shape index (κ2) is 5.16. The lowest BCUT2D eigenvalue weighted by atomic mass is 10.1. The Morgan fingerprint density at radius 2 is 2.38 bits per heavy atom. The van der Waals surface area contributed by atoms with Crippen LogP contribution in [0.5, 0.6) is 5.75 Å². The maximum Gasteiger partial charge on any atom is 0.144 e. The maximum atomic E-state index is 13.0. The number of anilines is 1. The molecule has 4 heteroatoms. The molecular formula is C12H17FN2O. The van der Waals surface area contributed by atoms with Crippen LogP contribution >= 0.6 is 0 Å². The number of benzene rings is 1. The third kappa shape index (κ3) is 2.64. The summed E-state index contributed by atoms with van der Waals surface area (Å²) < 4.78 is 18.1. The largest absolute Gasteiger partial charge is 0.494 e. The van der Waals surface area contributed by atoms with Crippen LogP contribution < -0.4 is 15.4 Å². The molecule has 3 nitrogen and oxygen atoms in total. The van der Waals surface area contributed by atoms with Gasteiger partial charge in [0, 0.05) is 18.7 Å². The van der Waals surface area contributed by atoms with Gasteiger partial charge in [-0.2, -0.15) is 0 Å². The van der Waals surface area contributed by atoms with E-state index < -0.39 is 0 Å². The van der Waals surface area contributed by atoms with Crippen molar-refractivity contribution in [3.05, 3.63) is 24.0 Å². The highest BCUT2D eigenvalue weighted by Crippen LogP contribution is 2.26. The van der Waals surface area contributed by atoms with Crippen LogP contribution in [-0.4, -0.2) is 26.2 Å². The SMILES string of the molecule is COc1cc(F)ccc1NC1CCCNC1. The van der Waals surface area contributed by atoms with E-state index >= 15 is 0 Å². The van der Waals surface area contributed by atoms with Crippen molar-refractivity contribution in [1.29, 1.82) is 0 Å². The van der Waals surface area contributed by atoms with E-state index in [0.717, 1.165) is 25.2 Å². The average molecular weight is 224 g/mol. The molecule has 1 aromatic rings. The Bertz CT molecular complexity index is 351. The van der Waals surface area contributed by atoms with Gasteiger partial charge in [0.25, 0.3) is 0 Å².